The molecule has 2 saturated heterocycles. The predicted molar refractivity (Wildman–Crippen MR) is 126 cm³/mol. The van der Waals surface area contributed by atoms with Crippen molar-refractivity contribution in [1.29, 1.82) is 0 Å². The van der Waals surface area contributed by atoms with Crippen LogP contribution in [0, 0.1) is 6.92 Å². The zero-order valence-electron chi connectivity index (χ0n) is 18.7. The number of halogens is 2. The second-order valence-corrected chi connectivity index (χ2v) is 10.9. The zero-order valence-corrected chi connectivity index (χ0v) is 21.1. The lowest BCUT2D eigenvalue weighted by atomic mass is 9.88. The third-order valence-electron chi connectivity index (χ3n) is 6.04. The number of amides is 2. The second kappa shape index (κ2) is 10.8. The molecule has 0 aromatic heterocycles. The molecule has 2 aliphatic rings. The summed E-state index contributed by atoms with van der Waals surface area (Å²) in [6, 6.07) is 2.73. The van der Waals surface area contributed by atoms with Crippen molar-refractivity contribution in [2.75, 3.05) is 32.8 Å². The average Bonchev–Trinajstić information content (AvgIpc) is 2.73. The van der Waals surface area contributed by atoms with Gasteiger partial charge in [-0.25, -0.2) is 13.2 Å². The SMILES string of the molecule is CCOC(=O)N1CCC(NC(=O)C2(NS(=O)(=O)c3c(C)cc(Cl)cc3Cl)CCNCC2)CC1. The summed E-state index contributed by atoms with van der Waals surface area (Å²) in [4.78, 5) is 26.9. The van der Waals surface area contributed by atoms with Crippen LogP contribution in [0.3, 0.4) is 0 Å². The Labute approximate surface area is 204 Å². The summed E-state index contributed by atoms with van der Waals surface area (Å²) in [7, 11) is -4.11. The van der Waals surface area contributed by atoms with Gasteiger partial charge in [-0.15, -0.1) is 0 Å². The number of piperidine rings is 2. The number of nitrogens with one attached hydrogen (secondary N) is 3. The van der Waals surface area contributed by atoms with Crippen molar-refractivity contribution in [3.8, 4) is 0 Å². The Balaban J connectivity index is 1.75. The lowest BCUT2D eigenvalue weighted by Gasteiger charge is -2.39. The molecular weight excluding hydrogens is 491 g/mol. The smallest absolute Gasteiger partial charge is 0.409 e. The average molecular weight is 521 g/mol. The van der Waals surface area contributed by atoms with Crippen molar-refractivity contribution in [2.45, 2.75) is 56.0 Å². The number of rotatable bonds is 6. The molecule has 2 aliphatic heterocycles. The highest BCUT2D eigenvalue weighted by molar-refractivity contribution is 7.89. The highest BCUT2D eigenvalue weighted by atomic mass is 35.5. The number of carbonyl (C=O) groups excluding carboxylic acids is 2. The Kier molecular flexibility index (Phi) is 8.50. The first-order valence-electron chi connectivity index (χ1n) is 11.0. The van der Waals surface area contributed by atoms with Gasteiger partial charge in [-0.1, -0.05) is 23.2 Å². The molecule has 0 unspecified atom stereocenters. The molecule has 2 amide bonds. The van der Waals surface area contributed by atoms with E-state index in [-0.39, 0.29) is 28.0 Å². The molecule has 33 heavy (non-hydrogen) atoms. The van der Waals surface area contributed by atoms with Crippen molar-refractivity contribution < 1.29 is 22.7 Å². The minimum atomic E-state index is -4.11. The molecule has 3 N–H and O–H groups in total. The van der Waals surface area contributed by atoms with Gasteiger partial charge in [0.2, 0.25) is 15.9 Å². The van der Waals surface area contributed by atoms with Crippen molar-refractivity contribution in [3.63, 3.8) is 0 Å². The molecule has 1 aromatic rings. The van der Waals surface area contributed by atoms with Crippen LogP contribution in [0.2, 0.25) is 10.0 Å². The van der Waals surface area contributed by atoms with Gasteiger partial charge in [-0.2, -0.15) is 4.72 Å². The fourth-order valence-electron chi connectivity index (χ4n) is 4.31. The van der Waals surface area contributed by atoms with E-state index in [2.05, 4.69) is 15.4 Å². The molecule has 0 saturated carbocycles. The molecule has 0 atom stereocenters. The summed E-state index contributed by atoms with van der Waals surface area (Å²) in [6.07, 6.45) is 1.36. The molecule has 12 heteroatoms. The van der Waals surface area contributed by atoms with E-state index in [9.17, 15) is 18.0 Å². The molecular formula is C21H30Cl2N4O5S. The van der Waals surface area contributed by atoms with Crippen LogP contribution in [0.1, 0.15) is 38.2 Å². The van der Waals surface area contributed by atoms with E-state index in [1.165, 1.54) is 12.1 Å². The number of likely N-dealkylation sites (tertiary alicyclic amines) is 1. The zero-order chi connectivity index (χ0) is 24.2. The van der Waals surface area contributed by atoms with Crippen LogP contribution in [0.15, 0.2) is 17.0 Å². The third-order valence-corrected chi connectivity index (χ3v) is 8.41. The molecule has 2 fully saturated rings. The normalized spacial score (nSPS) is 19.2. The molecule has 0 bridgehead atoms. The monoisotopic (exact) mass is 520 g/mol. The molecule has 184 valence electrons. The maximum Gasteiger partial charge on any atom is 0.409 e. The summed E-state index contributed by atoms with van der Waals surface area (Å²) in [5, 5.41) is 6.51. The number of sulfonamides is 1. The van der Waals surface area contributed by atoms with Crippen LogP contribution >= 0.6 is 23.2 Å². The van der Waals surface area contributed by atoms with Crippen LogP contribution < -0.4 is 15.4 Å². The summed E-state index contributed by atoms with van der Waals surface area (Å²) in [6.45, 7) is 5.58. The summed E-state index contributed by atoms with van der Waals surface area (Å²) >= 11 is 12.2. The maximum absolute atomic E-state index is 13.4. The quantitative estimate of drug-likeness (QED) is 0.530. The Morgan fingerprint density at radius 3 is 2.42 bits per heavy atom. The lowest BCUT2D eigenvalue weighted by molar-refractivity contribution is -0.129. The van der Waals surface area contributed by atoms with Gasteiger partial charge < -0.3 is 20.3 Å². The highest BCUT2D eigenvalue weighted by Crippen LogP contribution is 2.31. The Hall–Kier alpha value is -1.59. The number of nitrogens with zero attached hydrogens (tertiary/aromatic N) is 1. The first kappa shape index (κ1) is 26.0. The number of hydrogen-bond acceptors (Lipinski definition) is 6. The van der Waals surface area contributed by atoms with Crippen molar-refractivity contribution in [3.05, 3.63) is 27.7 Å². The van der Waals surface area contributed by atoms with Crippen molar-refractivity contribution >= 4 is 45.2 Å². The Morgan fingerprint density at radius 2 is 1.85 bits per heavy atom. The molecule has 0 aliphatic carbocycles. The maximum atomic E-state index is 13.4. The fraction of sp³-hybridized carbons (Fsp3) is 0.619. The van der Waals surface area contributed by atoms with E-state index >= 15 is 0 Å². The van der Waals surface area contributed by atoms with Crippen molar-refractivity contribution in [2.24, 2.45) is 0 Å². The van der Waals surface area contributed by atoms with Crippen LogP contribution in [0.25, 0.3) is 0 Å². The minimum Gasteiger partial charge on any atom is -0.450 e. The van der Waals surface area contributed by atoms with E-state index in [1.54, 1.807) is 18.7 Å². The molecule has 0 radical (unpaired) electrons. The Morgan fingerprint density at radius 1 is 1.21 bits per heavy atom. The van der Waals surface area contributed by atoms with Gasteiger partial charge in [0.25, 0.3) is 0 Å². The standard InChI is InChI=1S/C21H30Cl2N4O5S/c1-3-32-20(29)27-10-4-16(5-11-27)25-19(28)21(6-8-24-9-7-21)26-33(30,31)18-14(2)12-15(22)13-17(18)23/h12-13,16,24,26H,3-11H2,1-2H3,(H,25,28). The predicted octanol–water partition coefficient (Wildman–Crippen LogP) is 2.44. The number of hydrogen-bond donors (Lipinski definition) is 3. The van der Waals surface area contributed by atoms with Gasteiger partial charge in [0.1, 0.15) is 10.4 Å². The molecule has 9 nitrogen and oxygen atoms in total. The fourth-order valence-corrected chi connectivity index (χ4v) is 6.92. The second-order valence-electron chi connectivity index (χ2n) is 8.40. The third kappa shape index (κ3) is 6.10. The van der Waals surface area contributed by atoms with Gasteiger partial charge in [0, 0.05) is 24.2 Å². The van der Waals surface area contributed by atoms with E-state index in [1.807, 2.05) is 0 Å². The first-order chi connectivity index (χ1) is 15.6. The van der Waals surface area contributed by atoms with Crippen LogP contribution in [0.5, 0.6) is 0 Å². The largest absolute Gasteiger partial charge is 0.450 e. The number of aryl methyl sites for hydroxylation is 1. The van der Waals surface area contributed by atoms with Gasteiger partial charge in [-0.05, 0) is 70.3 Å². The summed E-state index contributed by atoms with van der Waals surface area (Å²) in [5.74, 6) is -0.370. The number of ether oxygens (including phenoxy) is 1. The summed E-state index contributed by atoms with van der Waals surface area (Å²) < 4.78 is 34.4. The van der Waals surface area contributed by atoms with Crippen molar-refractivity contribution in [1.82, 2.24) is 20.3 Å². The number of benzene rings is 1. The van der Waals surface area contributed by atoms with Gasteiger partial charge in [0.15, 0.2) is 0 Å². The summed E-state index contributed by atoms with van der Waals surface area (Å²) in [5.41, 5.74) is -0.909. The van der Waals surface area contributed by atoms with E-state index in [0.717, 1.165) is 0 Å². The molecule has 1 aromatic carbocycles. The minimum absolute atomic E-state index is 0.00308. The lowest BCUT2D eigenvalue weighted by Crippen LogP contribution is -2.64. The topological polar surface area (TPSA) is 117 Å². The van der Waals surface area contributed by atoms with Crippen LogP contribution in [0.4, 0.5) is 4.79 Å². The van der Waals surface area contributed by atoms with E-state index in [4.69, 9.17) is 27.9 Å². The molecule has 3 rings (SSSR count). The Bertz CT molecular complexity index is 967. The highest BCUT2D eigenvalue weighted by Gasteiger charge is 2.44. The first-order valence-corrected chi connectivity index (χ1v) is 13.2. The van der Waals surface area contributed by atoms with E-state index < -0.39 is 15.6 Å². The van der Waals surface area contributed by atoms with Crippen LogP contribution in [-0.4, -0.2) is 69.7 Å². The van der Waals surface area contributed by atoms with Gasteiger partial charge >= 0.3 is 6.09 Å². The van der Waals surface area contributed by atoms with Gasteiger partial charge in [0.05, 0.1) is 11.6 Å². The molecule has 2 heterocycles. The van der Waals surface area contributed by atoms with E-state index in [0.29, 0.717) is 69.1 Å². The number of carbonyl (C=O) groups is 2. The molecule has 0 spiro atoms. The van der Waals surface area contributed by atoms with Crippen LogP contribution in [-0.2, 0) is 19.6 Å². The van der Waals surface area contributed by atoms with Gasteiger partial charge in [-0.3, -0.25) is 4.79 Å².